The number of thiophene rings is 2. The maximum atomic E-state index is 10.7. The molecule has 2 nitrogen and oxygen atoms in total. The molecule has 0 aliphatic heterocycles. The van der Waals surface area contributed by atoms with Gasteiger partial charge in [-0.3, -0.25) is 0 Å². The third-order valence-electron chi connectivity index (χ3n) is 4.07. The summed E-state index contributed by atoms with van der Waals surface area (Å²) in [7, 11) is 0. The molecule has 0 radical (unpaired) electrons. The van der Waals surface area contributed by atoms with Crippen molar-refractivity contribution in [1.29, 1.82) is 0 Å². The van der Waals surface area contributed by atoms with Crippen molar-refractivity contribution in [3.8, 4) is 0 Å². The second-order valence-electron chi connectivity index (χ2n) is 5.63. The Hall–Kier alpha value is -0.680. The van der Waals surface area contributed by atoms with Gasteiger partial charge in [-0.2, -0.15) is 0 Å². The van der Waals surface area contributed by atoms with Crippen LogP contribution in [0.3, 0.4) is 0 Å². The highest BCUT2D eigenvalue weighted by molar-refractivity contribution is 7.11. The van der Waals surface area contributed by atoms with Crippen molar-refractivity contribution in [2.24, 2.45) is 0 Å². The molecule has 3 rings (SSSR count). The maximum absolute atomic E-state index is 10.7. The van der Waals surface area contributed by atoms with E-state index in [1.54, 1.807) is 22.7 Å². The normalized spacial score (nSPS) is 18.5. The van der Waals surface area contributed by atoms with E-state index in [2.05, 4.69) is 40.3 Å². The monoisotopic (exact) mass is 307 g/mol. The molecule has 20 heavy (non-hydrogen) atoms. The molecule has 2 aromatic rings. The Morgan fingerprint density at radius 2 is 1.65 bits per heavy atom. The first-order chi connectivity index (χ1) is 9.77. The smallest absolute Gasteiger partial charge is 0.0771 e. The van der Waals surface area contributed by atoms with Crippen molar-refractivity contribution in [3.05, 3.63) is 44.8 Å². The molecular weight excluding hydrogens is 286 g/mol. The number of hydrogen-bond donors (Lipinski definition) is 2. The van der Waals surface area contributed by atoms with Gasteiger partial charge in [0.05, 0.1) is 11.6 Å². The topological polar surface area (TPSA) is 32.3 Å². The van der Waals surface area contributed by atoms with Crippen molar-refractivity contribution in [2.75, 3.05) is 6.54 Å². The van der Waals surface area contributed by atoms with Gasteiger partial charge in [-0.15, -0.1) is 22.7 Å². The average molecular weight is 307 g/mol. The van der Waals surface area contributed by atoms with Gasteiger partial charge in [0.2, 0.25) is 0 Å². The Kier molecular flexibility index (Phi) is 4.56. The van der Waals surface area contributed by atoms with Gasteiger partial charge in [-0.1, -0.05) is 31.4 Å². The van der Waals surface area contributed by atoms with Crippen LogP contribution in [0, 0.1) is 0 Å². The number of aliphatic hydroxyl groups is 1. The van der Waals surface area contributed by atoms with Crippen LogP contribution >= 0.6 is 22.7 Å². The molecule has 2 aromatic heterocycles. The predicted octanol–water partition coefficient (Wildman–Crippen LogP) is 4.18. The van der Waals surface area contributed by atoms with Crippen LogP contribution in [0.25, 0.3) is 0 Å². The zero-order valence-electron chi connectivity index (χ0n) is 11.5. The van der Waals surface area contributed by atoms with Crippen LogP contribution in [-0.4, -0.2) is 17.3 Å². The molecule has 0 bridgehead atoms. The van der Waals surface area contributed by atoms with Crippen molar-refractivity contribution < 1.29 is 5.11 Å². The lowest BCUT2D eigenvalue weighted by Crippen LogP contribution is -2.43. The molecule has 0 atom stereocenters. The molecule has 0 unspecified atom stereocenters. The lowest BCUT2D eigenvalue weighted by Gasteiger charge is -2.33. The fraction of sp³-hybridized carbons (Fsp3) is 0.500. The Morgan fingerprint density at radius 1 is 1.05 bits per heavy atom. The third-order valence-corrected chi connectivity index (χ3v) is 5.95. The van der Waals surface area contributed by atoms with Gasteiger partial charge in [0.15, 0.2) is 0 Å². The zero-order chi connectivity index (χ0) is 13.8. The van der Waals surface area contributed by atoms with Gasteiger partial charge in [-0.05, 0) is 35.7 Å². The first-order valence-corrected chi connectivity index (χ1v) is 9.05. The van der Waals surface area contributed by atoms with Crippen LogP contribution in [-0.2, 0) is 0 Å². The van der Waals surface area contributed by atoms with Crippen LogP contribution in [0.1, 0.15) is 47.9 Å². The molecule has 1 aliphatic rings. The summed E-state index contributed by atoms with van der Waals surface area (Å²) in [5.74, 6) is 0. The summed E-state index contributed by atoms with van der Waals surface area (Å²) in [4.78, 5) is 2.65. The van der Waals surface area contributed by atoms with Crippen molar-refractivity contribution in [1.82, 2.24) is 5.32 Å². The Bertz CT molecular complexity index is 466. The molecule has 0 aromatic carbocycles. The molecule has 0 saturated heterocycles. The van der Waals surface area contributed by atoms with E-state index in [0.717, 1.165) is 25.7 Å². The zero-order valence-corrected chi connectivity index (χ0v) is 13.2. The average Bonchev–Trinajstić information content (AvgIpc) is 3.13. The quantitative estimate of drug-likeness (QED) is 0.868. The Morgan fingerprint density at radius 3 is 2.15 bits per heavy atom. The van der Waals surface area contributed by atoms with Crippen LogP contribution in [0.2, 0.25) is 0 Å². The summed E-state index contributed by atoms with van der Waals surface area (Å²) >= 11 is 3.55. The third kappa shape index (κ3) is 3.31. The van der Waals surface area contributed by atoms with Gasteiger partial charge in [-0.25, -0.2) is 0 Å². The van der Waals surface area contributed by atoms with Crippen molar-refractivity contribution >= 4 is 22.7 Å². The molecule has 2 N–H and O–H groups in total. The highest BCUT2D eigenvalue weighted by Crippen LogP contribution is 2.32. The largest absolute Gasteiger partial charge is 0.389 e. The van der Waals surface area contributed by atoms with E-state index in [4.69, 9.17) is 0 Å². The summed E-state index contributed by atoms with van der Waals surface area (Å²) in [6.07, 6.45) is 5.44. The minimum atomic E-state index is -0.509. The Balaban J connectivity index is 1.71. The van der Waals surface area contributed by atoms with E-state index in [0.29, 0.717) is 6.54 Å². The van der Waals surface area contributed by atoms with Gasteiger partial charge in [0.1, 0.15) is 0 Å². The molecule has 108 valence electrons. The van der Waals surface area contributed by atoms with Crippen LogP contribution in [0.4, 0.5) is 0 Å². The van der Waals surface area contributed by atoms with Gasteiger partial charge in [0.25, 0.3) is 0 Å². The summed E-state index contributed by atoms with van der Waals surface area (Å²) in [6.45, 7) is 0.688. The summed E-state index contributed by atoms with van der Waals surface area (Å²) in [5.41, 5.74) is -0.509. The highest BCUT2D eigenvalue weighted by Gasteiger charge is 2.30. The van der Waals surface area contributed by atoms with E-state index < -0.39 is 5.60 Å². The minimum Gasteiger partial charge on any atom is -0.389 e. The molecule has 1 saturated carbocycles. The summed E-state index contributed by atoms with van der Waals surface area (Å²) in [5, 5.41) is 18.5. The summed E-state index contributed by atoms with van der Waals surface area (Å²) in [6, 6.07) is 8.76. The van der Waals surface area contributed by atoms with E-state index >= 15 is 0 Å². The predicted molar refractivity (Wildman–Crippen MR) is 86.5 cm³/mol. The molecule has 1 aliphatic carbocycles. The first kappa shape index (κ1) is 14.3. The number of rotatable bonds is 5. The lowest BCUT2D eigenvalue weighted by molar-refractivity contribution is 0.00362. The van der Waals surface area contributed by atoms with Crippen LogP contribution < -0.4 is 5.32 Å². The van der Waals surface area contributed by atoms with Crippen LogP contribution in [0.5, 0.6) is 0 Å². The first-order valence-electron chi connectivity index (χ1n) is 7.29. The molecule has 0 amide bonds. The maximum Gasteiger partial charge on any atom is 0.0771 e. The second kappa shape index (κ2) is 6.39. The van der Waals surface area contributed by atoms with Gasteiger partial charge in [0, 0.05) is 16.3 Å². The van der Waals surface area contributed by atoms with E-state index in [9.17, 15) is 5.11 Å². The van der Waals surface area contributed by atoms with Crippen LogP contribution in [0.15, 0.2) is 35.0 Å². The Labute approximate surface area is 128 Å². The fourth-order valence-corrected chi connectivity index (χ4v) is 4.64. The van der Waals surface area contributed by atoms with Gasteiger partial charge < -0.3 is 10.4 Å². The van der Waals surface area contributed by atoms with E-state index in [1.807, 2.05) is 0 Å². The lowest BCUT2D eigenvalue weighted by atomic mass is 9.84. The molecule has 0 spiro atoms. The molecule has 1 fully saturated rings. The van der Waals surface area contributed by atoms with E-state index in [1.165, 1.54) is 16.2 Å². The van der Waals surface area contributed by atoms with E-state index in [-0.39, 0.29) is 6.04 Å². The molecular formula is C16H21NOS2. The highest BCUT2D eigenvalue weighted by atomic mass is 32.1. The minimum absolute atomic E-state index is 0.223. The SMILES string of the molecule is OC1(CNC(c2cccs2)c2cccs2)CCCCC1. The number of nitrogens with one attached hydrogen (secondary N) is 1. The number of hydrogen-bond acceptors (Lipinski definition) is 4. The fourth-order valence-electron chi connectivity index (χ4n) is 2.93. The van der Waals surface area contributed by atoms with Gasteiger partial charge >= 0.3 is 0 Å². The molecule has 4 heteroatoms. The van der Waals surface area contributed by atoms with Crippen molar-refractivity contribution in [2.45, 2.75) is 43.7 Å². The summed E-state index contributed by atoms with van der Waals surface area (Å²) < 4.78 is 0. The second-order valence-corrected chi connectivity index (χ2v) is 7.59. The molecule has 2 heterocycles. The van der Waals surface area contributed by atoms with Crippen molar-refractivity contribution in [3.63, 3.8) is 0 Å². The standard InChI is InChI=1S/C16H21NOS2/c18-16(8-2-1-3-9-16)12-17-15(13-6-4-10-19-13)14-7-5-11-20-14/h4-7,10-11,15,17-18H,1-3,8-9,12H2.